The van der Waals surface area contributed by atoms with Crippen LogP contribution in [0.5, 0.6) is 0 Å². The lowest BCUT2D eigenvalue weighted by Crippen LogP contribution is -2.45. The van der Waals surface area contributed by atoms with Crippen LogP contribution < -0.4 is 5.32 Å². The van der Waals surface area contributed by atoms with Gasteiger partial charge in [-0.3, -0.25) is 10.1 Å². The molecule has 1 heterocycles. The van der Waals surface area contributed by atoms with Crippen LogP contribution in [0.3, 0.4) is 0 Å². The lowest BCUT2D eigenvalue weighted by atomic mass is 10.1. The maximum atomic E-state index is 11.0. The number of carboxylic acids is 1. The van der Waals surface area contributed by atoms with E-state index in [-0.39, 0.29) is 6.04 Å². The quantitative estimate of drug-likeness (QED) is 0.555. The van der Waals surface area contributed by atoms with E-state index < -0.39 is 5.97 Å². The largest absolute Gasteiger partial charge is 0.480 e. The summed E-state index contributed by atoms with van der Waals surface area (Å²) in [5, 5.41) is 12.6. The van der Waals surface area contributed by atoms with Crippen molar-refractivity contribution in [3.05, 3.63) is 0 Å². The van der Waals surface area contributed by atoms with Crippen molar-refractivity contribution in [1.29, 1.82) is 0 Å². The third kappa shape index (κ3) is 8.15. The first-order valence-corrected chi connectivity index (χ1v) is 9.39. The Morgan fingerprint density at radius 2 is 1.70 bits per heavy atom. The molecular formula is C16H31NO2S. The van der Waals surface area contributed by atoms with Crippen LogP contribution in [-0.2, 0) is 4.79 Å². The minimum atomic E-state index is -0.692. The molecule has 0 radical (unpaired) electrons. The third-order valence-corrected chi connectivity index (χ3v) is 5.23. The van der Waals surface area contributed by atoms with Crippen LogP contribution in [0, 0.1) is 0 Å². The van der Waals surface area contributed by atoms with Crippen LogP contribution in [0.25, 0.3) is 0 Å². The maximum absolute atomic E-state index is 11.0. The van der Waals surface area contributed by atoms with Crippen LogP contribution in [0.15, 0.2) is 0 Å². The first-order valence-electron chi connectivity index (χ1n) is 8.34. The summed E-state index contributed by atoms with van der Waals surface area (Å²) in [5.41, 5.74) is 0. The van der Waals surface area contributed by atoms with Crippen molar-refractivity contribution in [2.45, 2.75) is 89.0 Å². The Hall–Kier alpha value is -0.220. The predicted octanol–water partition coefficient (Wildman–Crippen LogP) is 4.41. The molecule has 118 valence electrons. The van der Waals surface area contributed by atoms with Gasteiger partial charge in [0.2, 0.25) is 0 Å². The Morgan fingerprint density at radius 1 is 1.10 bits per heavy atom. The zero-order chi connectivity index (χ0) is 14.6. The fourth-order valence-corrected chi connectivity index (χ4v) is 3.94. The number of unbranched alkanes of at least 4 members (excludes halogenated alkanes) is 8. The molecule has 20 heavy (non-hydrogen) atoms. The van der Waals surface area contributed by atoms with Gasteiger partial charge in [-0.1, -0.05) is 64.7 Å². The molecular weight excluding hydrogens is 270 g/mol. The zero-order valence-corrected chi connectivity index (χ0v) is 13.7. The minimum absolute atomic E-state index is 0.320. The average Bonchev–Trinajstić information content (AvgIpc) is 2.46. The highest BCUT2D eigenvalue weighted by molar-refractivity contribution is 7.99. The Balaban J connectivity index is 1.92. The highest BCUT2D eigenvalue weighted by Gasteiger charge is 2.25. The molecule has 0 bridgehead atoms. The molecule has 3 nitrogen and oxygen atoms in total. The van der Waals surface area contributed by atoms with Gasteiger partial charge in [-0.15, -0.1) is 11.8 Å². The average molecular weight is 301 g/mol. The van der Waals surface area contributed by atoms with Crippen molar-refractivity contribution in [3.63, 3.8) is 0 Å². The second kappa shape index (κ2) is 11.4. The van der Waals surface area contributed by atoms with E-state index in [2.05, 4.69) is 12.2 Å². The number of thioether (sulfide) groups is 1. The van der Waals surface area contributed by atoms with Gasteiger partial charge in [-0.25, -0.2) is 0 Å². The number of nitrogens with one attached hydrogen (secondary N) is 1. The van der Waals surface area contributed by atoms with E-state index >= 15 is 0 Å². The fraction of sp³-hybridized carbons (Fsp3) is 0.938. The summed E-state index contributed by atoms with van der Waals surface area (Å²) in [6.45, 7) is 2.26. The molecule has 1 fully saturated rings. The van der Waals surface area contributed by atoms with E-state index in [1.165, 1.54) is 57.8 Å². The lowest BCUT2D eigenvalue weighted by Gasteiger charge is -2.28. The van der Waals surface area contributed by atoms with E-state index in [1.54, 1.807) is 0 Å². The molecule has 1 aliphatic rings. The summed E-state index contributed by atoms with van der Waals surface area (Å²) in [6.07, 6.45) is 14.0. The Kier molecular flexibility index (Phi) is 10.2. The van der Waals surface area contributed by atoms with E-state index in [1.807, 2.05) is 11.8 Å². The third-order valence-electron chi connectivity index (χ3n) is 3.98. The monoisotopic (exact) mass is 301 g/mol. The van der Waals surface area contributed by atoms with Gasteiger partial charge in [0.25, 0.3) is 0 Å². The van der Waals surface area contributed by atoms with E-state index in [0.29, 0.717) is 5.37 Å². The number of hydrogen-bond donors (Lipinski definition) is 2. The molecule has 0 spiro atoms. The molecule has 0 amide bonds. The van der Waals surface area contributed by atoms with Gasteiger partial charge < -0.3 is 5.11 Å². The van der Waals surface area contributed by atoms with Gasteiger partial charge in [-0.2, -0.15) is 0 Å². The molecule has 1 rings (SSSR count). The zero-order valence-electron chi connectivity index (χ0n) is 12.9. The smallest absolute Gasteiger partial charge is 0.320 e. The second-order valence-corrected chi connectivity index (χ2v) is 7.13. The number of hydrogen-bond acceptors (Lipinski definition) is 3. The van der Waals surface area contributed by atoms with Crippen LogP contribution in [-0.4, -0.2) is 28.2 Å². The first kappa shape index (κ1) is 17.8. The topological polar surface area (TPSA) is 49.3 Å². The van der Waals surface area contributed by atoms with Crippen molar-refractivity contribution in [2.24, 2.45) is 0 Å². The fourth-order valence-electron chi connectivity index (χ4n) is 2.69. The summed E-state index contributed by atoms with van der Waals surface area (Å²) in [5.74, 6) is 0.286. The predicted molar refractivity (Wildman–Crippen MR) is 87.3 cm³/mol. The maximum Gasteiger partial charge on any atom is 0.320 e. The minimum Gasteiger partial charge on any atom is -0.480 e. The number of carboxylic acid groups (broad SMARTS) is 1. The summed E-state index contributed by atoms with van der Waals surface area (Å²) in [6, 6.07) is -0.320. The number of rotatable bonds is 11. The van der Waals surface area contributed by atoms with Gasteiger partial charge in [0.05, 0.1) is 5.37 Å². The SMILES string of the molecule is CCCCCCCCCCC[C@@H]1N[C@@H](C(=O)O)CCS1. The highest BCUT2D eigenvalue weighted by atomic mass is 32.2. The summed E-state index contributed by atoms with van der Waals surface area (Å²) >= 11 is 1.89. The molecule has 0 aliphatic carbocycles. The molecule has 1 aliphatic heterocycles. The highest BCUT2D eigenvalue weighted by Crippen LogP contribution is 2.23. The molecule has 0 unspecified atom stereocenters. The van der Waals surface area contributed by atoms with Crippen LogP contribution in [0.2, 0.25) is 0 Å². The van der Waals surface area contributed by atoms with Gasteiger partial charge >= 0.3 is 5.97 Å². The van der Waals surface area contributed by atoms with Crippen molar-refractivity contribution in [2.75, 3.05) is 5.75 Å². The molecule has 0 aromatic carbocycles. The molecule has 2 atom stereocenters. The van der Waals surface area contributed by atoms with E-state index in [4.69, 9.17) is 5.11 Å². The van der Waals surface area contributed by atoms with Crippen LogP contribution in [0.1, 0.15) is 77.6 Å². The molecule has 1 saturated heterocycles. The van der Waals surface area contributed by atoms with Crippen molar-refractivity contribution in [3.8, 4) is 0 Å². The van der Waals surface area contributed by atoms with Crippen molar-refractivity contribution in [1.82, 2.24) is 5.32 Å². The van der Waals surface area contributed by atoms with Crippen LogP contribution in [0.4, 0.5) is 0 Å². The lowest BCUT2D eigenvalue weighted by molar-refractivity contribution is -0.139. The van der Waals surface area contributed by atoms with Crippen LogP contribution >= 0.6 is 11.8 Å². The number of carbonyl (C=O) groups is 1. The normalized spacial score (nSPS) is 22.9. The Bertz CT molecular complexity index is 261. The Morgan fingerprint density at radius 3 is 2.30 bits per heavy atom. The standard InChI is InChI=1S/C16H31NO2S/c1-2-3-4-5-6-7-8-9-10-11-15-17-14(16(18)19)12-13-20-15/h14-15,17H,2-13H2,1H3,(H,18,19)/t14-,15-/m1/s1. The van der Waals surface area contributed by atoms with Gasteiger partial charge in [0.1, 0.15) is 6.04 Å². The van der Waals surface area contributed by atoms with Gasteiger partial charge in [0, 0.05) is 0 Å². The Labute approximate surface area is 128 Å². The summed E-state index contributed by atoms with van der Waals surface area (Å²) in [4.78, 5) is 11.0. The number of aliphatic carboxylic acids is 1. The molecule has 0 aromatic heterocycles. The molecule has 4 heteroatoms. The van der Waals surface area contributed by atoms with Gasteiger partial charge in [0.15, 0.2) is 0 Å². The molecule has 2 N–H and O–H groups in total. The van der Waals surface area contributed by atoms with E-state index in [9.17, 15) is 4.79 Å². The molecule has 0 saturated carbocycles. The van der Waals surface area contributed by atoms with Gasteiger partial charge in [-0.05, 0) is 18.6 Å². The first-order chi connectivity index (χ1) is 9.74. The second-order valence-electron chi connectivity index (χ2n) is 5.82. The summed E-state index contributed by atoms with van der Waals surface area (Å²) < 4.78 is 0. The van der Waals surface area contributed by atoms with Crippen molar-refractivity contribution >= 4 is 17.7 Å². The van der Waals surface area contributed by atoms with E-state index in [0.717, 1.165) is 18.6 Å². The summed E-state index contributed by atoms with van der Waals surface area (Å²) in [7, 11) is 0. The molecule has 0 aromatic rings. The van der Waals surface area contributed by atoms with Crippen molar-refractivity contribution < 1.29 is 9.90 Å².